The maximum Gasteiger partial charge on any atom is 0.343 e. The highest BCUT2D eigenvalue weighted by molar-refractivity contribution is 6.32. The number of Topliss-reactive ketones (excluding diaryl/α,β-unsaturated/α-hetero) is 1. The molecule has 3 aromatic rings. The Labute approximate surface area is 174 Å². The molecule has 29 heavy (non-hydrogen) atoms. The van der Waals surface area contributed by atoms with E-state index in [1.807, 2.05) is 31.2 Å². The summed E-state index contributed by atoms with van der Waals surface area (Å²) in [5.74, 6) is -0.629. The van der Waals surface area contributed by atoms with E-state index in [0.29, 0.717) is 23.6 Å². The van der Waals surface area contributed by atoms with Crippen LogP contribution in [-0.4, -0.2) is 35.2 Å². The zero-order valence-electron chi connectivity index (χ0n) is 16.4. The van der Waals surface area contributed by atoms with E-state index in [2.05, 4.69) is 5.10 Å². The predicted octanol–water partition coefficient (Wildman–Crippen LogP) is 4.25. The van der Waals surface area contributed by atoms with Crippen molar-refractivity contribution in [2.75, 3.05) is 13.7 Å². The van der Waals surface area contributed by atoms with E-state index in [4.69, 9.17) is 21.1 Å². The molecule has 0 N–H and O–H groups in total. The van der Waals surface area contributed by atoms with Gasteiger partial charge in [0.1, 0.15) is 16.5 Å². The minimum atomic E-state index is -0.689. The molecule has 0 aliphatic carbocycles. The van der Waals surface area contributed by atoms with Gasteiger partial charge in [0.15, 0.2) is 6.61 Å². The number of benzene rings is 2. The fourth-order valence-electron chi connectivity index (χ4n) is 2.91. The number of nitrogens with zero attached hydrogens (tertiary/aromatic N) is 2. The lowest BCUT2D eigenvalue weighted by molar-refractivity contribution is 0.0473. The molecule has 0 saturated carbocycles. The second-order valence-corrected chi connectivity index (χ2v) is 6.95. The summed E-state index contributed by atoms with van der Waals surface area (Å²) in [5, 5.41) is 4.52. The molecule has 0 saturated heterocycles. The summed E-state index contributed by atoms with van der Waals surface area (Å²) in [7, 11) is 1.48. The maximum atomic E-state index is 12.5. The number of carbonyl (C=O) groups is 2. The van der Waals surface area contributed by atoms with Crippen LogP contribution in [0.15, 0.2) is 48.5 Å². The third-order valence-electron chi connectivity index (χ3n) is 4.46. The van der Waals surface area contributed by atoms with Gasteiger partial charge >= 0.3 is 5.97 Å². The van der Waals surface area contributed by atoms with Crippen molar-refractivity contribution in [3.8, 4) is 5.75 Å². The van der Waals surface area contributed by atoms with Crippen LogP contribution in [0.5, 0.6) is 5.75 Å². The fourth-order valence-corrected chi connectivity index (χ4v) is 3.22. The van der Waals surface area contributed by atoms with Crippen molar-refractivity contribution in [3.05, 3.63) is 81.6 Å². The SMILES string of the molecule is COc1ccccc1C(=O)COC(=O)c1c(C)nn(Cc2ccc(C)cc2)c1Cl. The molecule has 6 nitrogen and oxygen atoms in total. The molecule has 0 radical (unpaired) electrons. The molecule has 3 rings (SSSR count). The number of ketones is 1. The smallest absolute Gasteiger partial charge is 0.343 e. The molecule has 0 unspecified atom stereocenters. The van der Waals surface area contributed by atoms with Crippen molar-refractivity contribution in [2.45, 2.75) is 20.4 Å². The summed E-state index contributed by atoms with van der Waals surface area (Å²) >= 11 is 6.38. The number of methoxy groups -OCH3 is 1. The van der Waals surface area contributed by atoms with Gasteiger partial charge in [-0.05, 0) is 31.5 Å². The Kier molecular flexibility index (Phi) is 6.34. The van der Waals surface area contributed by atoms with Crippen molar-refractivity contribution in [2.24, 2.45) is 0 Å². The molecule has 0 amide bonds. The summed E-state index contributed by atoms with van der Waals surface area (Å²) in [6.07, 6.45) is 0. The predicted molar refractivity (Wildman–Crippen MR) is 110 cm³/mol. The molecular formula is C22H21ClN2O4. The van der Waals surface area contributed by atoms with Crippen LogP contribution >= 0.6 is 11.6 Å². The van der Waals surface area contributed by atoms with Crippen molar-refractivity contribution in [1.82, 2.24) is 9.78 Å². The molecule has 1 aromatic heterocycles. The molecule has 1 heterocycles. The number of para-hydroxylation sites is 1. The number of esters is 1. The van der Waals surface area contributed by atoms with Gasteiger partial charge in [0, 0.05) is 0 Å². The Balaban J connectivity index is 1.71. The van der Waals surface area contributed by atoms with Crippen molar-refractivity contribution >= 4 is 23.4 Å². The molecule has 150 valence electrons. The quantitative estimate of drug-likeness (QED) is 0.428. The average molecular weight is 413 g/mol. The van der Waals surface area contributed by atoms with Gasteiger partial charge in [-0.25, -0.2) is 9.48 Å². The number of carbonyl (C=O) groups excluding carboxylic acids is 2. The minimum Gasteiger partial charge on any atom is -0.496 e. The summed E-state index contributed by atoms with van der Waals surface area (Å²) in [6.45, 7) is 3.69. The molecule has 0 aliphatic rings. The summed E-state index contributed by atoms with van der Waals surface area (Å²) in [6, 6.07) is 14.7. The van der Waals surface area contributed by atoms with Crippen molar-refractivity contribution in [3.63, 3.8) is 0 Å². The number of aromatic nitrogens is 2. The third kappa shape index (κ3) is 4.66. The first kappa shape index (κ1) is 20.6. The van der Waals surface area contributed by atoms with Crippen LogP contribution < -0.4 is 4.74 Å². The van der Waals surface area contributed by atoms with E-state index in [9.17, 15) is 9.59 Å². The second-order valence-electron chi connectivity index (χ2n) is 6.59. The van der Waals surface area contributed by atoms with E-state index in [1.54, 1.807) is 35.9 Å². The van der Waals surface area contributed by atoms with Crippen LogP contribution in [0, 0.1) is 13.8 Å². The highest BCUT2D eigenvalue weighted by atomic mass is 35.5. The number of aryl methyl sites for hydroxylation is 2. The number of hydrogen-bond acceptors (Lipinski definition) is 5. The van der Waals surface area contributed by atoms with Crippen molar-refractivity contribution < 1.29 is 19.1 Å². The van der Waals surface area contributed by atoms with E-state index >= 15 is 0 Å². The van der Waals surface area contributed by atoms with Crippen LogP contribution in [0.4, 0.5) is 0 Å². The Morgan fingerprint density at radius 1 is 1.07 bits per heavy atom. The zero-order chi connectivity index (χ0) is 21.0. The summed E-state index contributed by atoms with van der Waals surface area (Å²) < 4.78 is 11.9. The minimum absolute atomic E-state index is 0.159. The van der Waals surface area contributed by atoms with E-state index in [0.717, 1.165) is 11.1 Å². The van der Waals surface area contributed by atoms with E-state index < -0.39 is 12.6 Å². The Morgan fingerprint density at radius 3 is 2.45 bits per heavy atom. The molecule has 0 fully saturated rings. The van der Waals surface area contributed by atoms with Gasteiger partial charge < -0.3 is 9.47 Å². The normalized spacial score (nSPS) is 10.6. The molecule has 7 heteroatoms. The monoisotopic (exact) mass is 412 g/mol. The van der Waals surface area contributed by atoms with Crippen molar-refractivity contribution in [1.29, 1.82) is 0 Å². The van der Waals surface area contributed by atoms with E-state index in [-0.39, 0.29) is 16.5 Å². The lowest BCUT2D eigenvalue weighted by Gasteiger charge is -2.08. The van der Waals surface area contributed by atoms with Crippen LogP contribution in [0.2, 0.25) is 5.15 Å². The van der Waals surface area contributed by atoms with Gasteiger partial charge in [0.25, 0.3) is 0 Å². The largest absolute Gasteiger partial charge is 0.496 e. The molecule has 2 aromatic carbocycles. The first-order chi connectivity index (χ1) is 13.9. The first-order valence-corrected chi connectivity index (χ1v) is 9.40. The molecule has 0 bridgehead atoms. The fraction of sp³-hybridized carbons (Fsp3) is 0.227. The zero-order valence-corrected chi connectivity index (χ0v) is 17.2. The second kappa shape index (κ2) is 8.92. The Bertz CT molecular complexity index is 1040. The van der Waals surface area contributed by atoms with Crippen LogP contribution in [-0.2, 0) is 11.3 Å². The highest BCUT2D eigenvalue weighted by Crippen LogP contribution is 2.23. The van der Waals surface area contributed by atoms with Gasteiger partial charge in [0.05, 0.1) is 24.9 Å². The van der Waals surface area contributed by atoms with Gasteiger partial charge in [-0.3, -0.25) is 4.79 Å². The maximum absolute atomic E-state index is 12.5. The topological polar surface area (TPSA) is 70.4 Å². The number of hydrogen-bond donors (Lipinski definition) is 0. The lowest BCUT2D eigenvalue weighted by atomic mass is 10.1. The average Bonchev–Trinajstić information content (AvgIpc) is 3.00. The first-order valence-electron chi connectivity index (χ1n) is 9.02. The summed E-state index contributed by atoms with van der Waals surface area (Å²) in [4.78, 5) is 24.9. The number of ether oxygens (including phenoxy) is 2. The Hall–Kier alpha value is -3.12. The van der Waals surface area contributed by atoms with E-state index in [1.165, 1.54) is 7.11 Å². The number of rotatable bonds is 7. The molecule has 0 spiro atoms. The molecule has 0 aliphatic heterocycles. The van der Waals surface area contributed by atoms with Gasteiger partial charge in [-0.2, -0.15) is 5.10 Å². The van der Waals surface area contributed by atoms with Crippen LogP contribution in [0.3, 0.4) is 0 Å². The summed E-state index contributed by atoms with van der Waals surface area (Å²) in [5.41, 5.74) is 3.11. The standard InChI is InChI=1S/C22H21ClN2O4/c1-14-8-10-16(11-9-14)12-25-21(23)20(15(2)24-25)22(27)29-13-18(26)17-6-4-5-7-19(17)28-3/h4-11H,12-13H2,1-3H3. The van der Waals surface area contributed by atoms with Gasteiger partial charge in [-0.1, -0.05) is 53.6 Å². The van der Waals surface area contributed by atoms with Crippen LogP contribution in [0.25, 0.3) is 0 Å². The highest BCUT2D eigenvalue weighted by Gasteiger charge is 2.23. The van der Waals surface area contributed by atoms with Gasteiger partial charge in [-0.15, -0.1) is 0 Å². The Morgan fingerprint density at radius 2 is 1.76 bits per heavy atom. The van der Waals surface area contributed by atoms with Crippen LogP contribution in [0.1, 0.15) is 37.5 Å². The lowest BCUT2D eigenvalue weighted by Crippen LogP contribution is -2.15. The van der Waals surface area contributed by atoms with Gasteiger partial charge in [0.2, 0.25) is 5.78 Å². The third-order valence-corrected chi connectivity index (χ3v) is 4.85. The number of halogens is 1. The molecular weight excluding hydrogens is 392 g/mol. The molecule has 0 atom stereocenters.